The first kappa shape index (κ1) is 15.0. The Bertz CT molecular complexity index is 379. The minimum Gasteiger partial charge on any atom is -0.469 e. The summed E-state index contributed by atoms with van der Waals surface area (Å²) in [5.74, 6) is 2.91. The number of methoxy groups -OCH3 is 1. The van der Waals surface area contributed by atoms with Crippen LogP contribution in [0.4, 0.5) is 0 Å². The van der Waals surface area contributed by atoms with Crippen LogP contribution in [0.3, 0.4) is 0 Å². The Morgan fingerprint density at radius 1 is 1.44 bits per heavy atom. The van der Waals surface area contributed by atoms with Gasteiger partial charge in [0.05, 0.1) is 18.8 Å². The van der Waals surface area contributed by atoms with Crippen molar-refractivity contribution in [2.24, 2.45) is 11.8 Å². The Morgan fingerprint density at radius 2 is 2.17 bits per heavy atom. The summed E-state index contributed by atoms with van der Waals surface area (Å²) in [4.78, 5) is 15.5. The smallest absolute Gasteiger partial charge is 0.309 e. The van der Waals surface area contributed by atoms with Gasteiger partial charge in [-0.15, -0.1) is 0 Å². The van der Waals surface area contributed by atoms with Crippen LogP contribution in [0.25, 0.3) is 0 Å². The van der Waals surface area contributed by atoms with E-state index < -0.39 is 0 Å². The van der Waals surface area contributed by atoms with Gasteiger partial charge in [0, 0.05) is 12.2 Å². The molecule has 0 aliphatic rings. The van der Waals surface area contributed by atoms with Gasteiger partial charge in [-0.3, -0.25) is 4.79 Å². The predicted octanol–water partition coefficient (Wildman–Crippen LogP) is 2.31. The number of rotatable bonds is 7. The zero-order chi connectivity index (χ0) is 13.5. The van der Waals surface area contributed by atoms with Crippen molar-refractivity contribution in [3.05, 3.63) is 11.7 Å². The molecule has 1 aromatic heterocycles. The van der Waals surface area contributed by atoms with Gasteiger partial charge < -0.3 is 9.26 Å². The molecule has 0 aliphatic carbocycles. The SMILES string of the molecule is COC(=O)C(C)CSCc1nc(CC(C)C)no1. The van der Waals surface area contributed by atoms with Crippen molar-refractivity contribution in [2.45, 2.75) is 32.9 Å². The molecule has 5 nitrogen and oxygen atoms in total. The number of ether oxygens (including phenoxy) is 1. The van der Waals surface area contributed by atoms with Crippen molar-refractivity contribution in [1.82, 2.24) is 10.1 Å². The molecular formula is C12H20N2O3S. The largest absolute Gasteiger partial charge is 0.469 e. The Balaban J connectivity index is 2.31. The van der Waals surface area contributed by atoms with E-state index >= 15 is 0 Å². The van der Waals surface area contributed by atoms with Gasteiger partial charge in [-0.05, 0) is 5.92 Å². The summed E-state index contributed by atoms with van der Waals surface area (Å²) in [6.45, 7) is 6.07. The van der Waals surface area contributed by atoms with Crippen LogP contribution in [0, 0.1) is 11.8 Å². The lowest BCUT2D eigenvalue weighted by Crippen LogP contribution is -2.14. The fourth-order valence-corrected chi connectivity index (χ4v) is 2.29. The van der Waals surface area contributed by atoms with Crippen molar-refractivity contribution in [3.8, 4) is 0 Å². The zero-order valence-corrected chi connectivity index (χ0v) is 12.1. The summed E-state index contributed by atoms with van der Waals surface area (Å²) in [5, 5.41) is 3.91. The van der Waals surface area contributed by atoms with Gasteiger partial charge in [0.15, 0.2) is 5.82 Å². The molecular weight excluding hydrogens is 252 g/mol. The summed E-state index contributed by atoms with van der Waals surface area (Å²) >= 11 is 1.59. The number of carbonyl (C=O) groups is 1. The Kier molecular flexibility index (Phi) is 6.18. The molecule has 1 atom stereocenters. The molecule has 1 aromatic rings. The van der Waals surface area contributed by atoms with E-state index in [1.807, 2.05) is 6.92 Å². The van der Waals surface area contributed by atoms with Crippen molar-refractivity contribution in [2.75, 3.05) is 12.9 Å². The van der Waals surface area contributed by atoms with Crippen LogP contribution in [-0.2, 0) is 21.7 Å². The monoisotopic (exact) mass is 272 g/mol. The Hall–Kier alpha value is -1.04. The molecule has 0 saturated heterocycles. The molecule has 102 valence electrons. The second kappa shape index (κ2) is 7.41. The second-order valence-electron chi connectivity index (χ2n) is 4.64. The highest BCUT2D eigenvalue weighted by atomic mass is 32.2. The summed E-state index contributed by atoms with van der Waals surface area (Å²) < 4.78 is 9.79. The van der Waals surface area contributed by atoms with E-state index in [4.69, 9.17) is 4.52 Å². The highest BCUT2D eigenvalue weighted by Crippen LogP contribution is 2.15. The molecule has 6 heteroatoms. The number of aromatic nitrogens is 2. The van der Waals surface area contributed by atoms with Gasteiger partial charge in [0.2, 0.25) is 5.89 Å². The lowest BCUT2D eigenvalue weighted by molar-refractivity contribution is -0.143. The Morgan fingerprint density at radius 3 is 2.78 bits per heavy atom. The average molecular weight is 272 g/mol. The van der Waals surface area contributed by atoms with E-state index in [0.29, 0.717) is 23.3 Å². The van der Waals surface area contributed by atoms with Gasteiger partial charge in [-0.1, -0.05) is 25.9 Å². The third-order valence-electron chi connectivity index (χ3n) is 2.30. The lowest BCUT2D eigenvalue weighted by Gasteiger charge is -2.06. The third kappa shape index (κ3) is 5.08. The lowest BCUT2D eigenvalue weighted by atomic mass is 10.1. The zero-order valence-electron chi connectivity index (χ0n) is 11.3. The third-order valence-corrected chi connectivity index (χ3v) is 3.48. The standard InChI is InChI=1S/C12H20N2O3S/c1-8(2)5-10-13-11(17-14-10)7-18-6-9(3)12(15)16-4/h8-9H,5-7H2,1-4H3. The topological polar surface area (TPSA) is 65.2 Å². The summed E-state index contributed by atoms with van der Waals surface area (Å²) in [6.07, 6.45) is 0.826. The molecule has 0 N–H and O–H groups in total. The van der Waals surface area contributed by atoms with Crippen LogP contribution in [0.2, 0.25) is 0 Å². The maximum atomic E-state index is 11.2. The van der Waals surface area contributed by atoms with Gasteiger partial charge in [0.25, 0.3) is 0 Å². The van der Waals surface area contributed by atoms with Crippen LogP contribution in [-0.4, -0.2) is 29.0 Å². The summed E-state index contributed by atoms with van der Waals surface area (Å²) in [6, 6.07) is 0. The summed E-state index contributed by atoms with van der Waals surface area (Å²) in [5.41, 5.74) is 0. The molecule has 18 heavy (non-hydrogen) atoms. The van der Waals surface area contributed by atoms with E-state index in [9.17, 15) is 4.79 Å². The number of thioether (sulfide) groups is 1. The van der Waals surface area contributed by atoms with Crippen LogP contribution < -0.4 is 0 Å². The van der Waals surface area contributed by atoms with Gasteiger partial charge >= 0.3 is 5.97 Å². The molecule has 0 aliphatic heterocycles. The molecule has 0 bridgehead atoms. The highest BCUT2D eigenvalue weighted by Gasteiger charge is 2.14. The Labute approximate surface area is 112 Å². The van der Waals surface area contributed by atoms with E-state index in [1.54, 1.807) is 11.8 Å². The van der Waals surface area contributed by atoms with Crippen molar-refractivity contribution in [3.63, 3.8) is 0 Å². The second-order valence-corrected chi connectivity index (χ2v) is 5.67. The fraction of sp³-hybridized carbons (Fsp3) is 0.750. The van der Waals surface area contributed by atoms with Crippen LogP contribution in [0.15, 0.2) is 4.52 Å². The first-order valence-corrected chi connectivity index (χ1v) is 7.15. The minimum atomic E-state index is -0.187. The number of nitrogens with zero attached hydrogens (tertiary/aromatic N) is 2. The van der Waals surface area contributed by atoms with Crippen LogP contribution in [0.5, 0.6) is 0 Å². The van der Waals surface area contributed by atoms with Gasteiger partial charge in [-0.2, -0.15) is 16.7 Å². The van der Waals surface area contributed by atoms with Crippen LogP contribution >= 0.6 is 11.8 Å². The molecule has 0 saturated carbocycles. The van der Waals surface area contributed by atoms with E-state index in [1.165, 1.54) is 7.11 Å². The maximum Gasteiger partial charge on any atom is 0.309 e. The quantitative estimate of drug-likeness (QED) is 0.710. The first-order chi connectivity index (χ1) is 8.52. The summed E-state index contributed by atoms with van der Waals surface area (Å²) in [7, 11) is 1.40. The average Bonchev–Trinajstić information content (AvgIpc) is 2.74. The van der Waals surface area contributed by atoms with Crippen molar-refractivity contribution in [1.29, 1.82) is 0 Å². The fourth-order valence-electron chi connectivity index (χ4n) is 1.39. The van der Waals surface area contributed by atoms with Crippen LogP contribution in [0.1, 0.15) is 32.5 Å². The molecule has 0 amide bonds. The molecule has 1 unspecified atom stereocenters. The molecule has 0 spiro atoms. The highest BCUT2D eigenvalue weighted by molar-refractivity contribution is 7.98. The molecule has 1 heterocycles. The molecule has 0 radical (unpaired) electrons. The number of hydrogen-bond donors (Lipinski definition) is 0. The van der Waals surface area contributed by atoms with Gasteiger partial charge in [0.1, 0.15) is 0 Å². The van der Waals surface area contributed by atoms with E-state index in [0.717, 1.165) is 12.2 Å². The first-order valence-electron chi connectivity index (χ1n) is 6.00. The number of carbonyl (C=O) groups excluding carboxylic acids is 1. The molecule has 0 aromatic carbocycles. The normalized spacial score (nSPS) is 12.7. The number of esters is 1. The van der Waals surface area contributed by atoms with Crippen molar-refractivity contribution >= 4 is 17.7 Å². The van der Waals surface area contributed by atoms with Gasteiger partial charge in [-0.25, -0.2) is 0 Å². The minimum absolute atomic E-state index is 0.113. The maximum absolute atomic E-state index is 11.2. The molecule has 1 rings (SSSR count). The van der Waals surface area contributed by atoms with E-state index in [-0.39, 0.29) is 11.9 Å². The predicted molar refractivity (Wildman–Crippen MR) is 70.2 cm³/mol. The van der Waals surface area contributed by atoms with Crippen molar-refractivity contribution < 1.29 is 14.1 Å². The molecule has 0 fully saturated rings. The van der Waals surface area contributed by atoms with E-state index in [2.05, 4.69) is 28.7 Å². The number of hydrogen-bond acceptors (Lipinski definition) is 6.